The highest BCUT2D eigenvalue weighted by Crippen LogP contribution is 2.38. The molecule has 1 fully saturated rings. The second-order valence-electron chi connectivity index (χ2n) is 6.70. The normalized spacial score (nSPS) is 26.2. The average molecular weight is 284 g/mol. The van der Waals surface area contributed by atoms with Gasteiger partial charge in [-0.2, -0.15) is 0 Å². The fourth-order valence-corrected chi connectivity index (χ4v) is 3.77. The molecule has 0 bridgehead atoms. The Morgan fingerprint density at radius 1 is 0.800 bits per heavy atom. The Morgan fingerprint density at radius 2 is 1.45 bits per heavy atom. The lowest BCUT2D eigenvalue weighted by Crippen LogP contribution is -2.19. The molecule has 120 valence electrons. The second kappa shape index (κ2) is 11.6. The van der Waals surface area contributed by atoms with Gasteiger partial charge in [0.25, 0.3) is 0 Å². The first kappa shape index (κ1) is 18.0. The zero-order valence-electron chi connectivity index (χ0n) is 13.5. The van der Waals surface area contributed by atoms with E-state index in [1.807, 2.05) is 0 Å². The van der Waals surface area contributed by atoms with E-state index in [2.05, 4.69) is 6.92 Å². The maximum Gasteiger partial charge on any atom is 0.0571 e. The third-order valence-corrected chi connectivity index (χ3v) is 5.06. The van der Waals surface area contributed by atoms with E-state index in [9.17, 15) is 5.11 Å². The lowest BCUT2D eigenvalue weighted by Gasteiger charge is -2.22. The first-order chi connectivity index (χ1) is 9.79. The molecule has 20 heavy (non-hydrogen) atoms. The molecule has 0 aromatic carbocycles. The Morgan fingerprint density at radius 3 is 2.20 bits per heavy atom. The topological polar surface area (TPSA) is 40.5 Å². The largest absolute Gasteiger partial charge is 0.396 e. The van der Waals surface area contributed by atoms with Crippen LogP contribution in [0.25, 0.3) is 0 Å². The van der Waals surface area contributed by atoms with Gasteiger partial charge in [-0.25, -0.2) is 0 Å². The zero-order valence-corrected chi connectivity index (χ0v) is 13.5. The molecule has 0 heterocycles. The predicted octanol–water partition coefficient (Wildman–Crippen LogP) is 4.68. The number of hydrogen-bond acceptors (Lipinski definition) is 2. The molecule has 2 nitrogen and oxygen atoms in total. The summed E-state index contributed by atoms with van der Waals surface area (Å²) in [6.07, 6.45) is 16.1. The van der Waals surface area contributed by atoms with E-state index in [4.69, 9.17) is 5.11 Å². The van der Waals surface area contributed by atoms with E-state index in [0.29, 0.717) is 12.5 Å². The van der Waals surface area contributed by atoms with Crippen LogP contribution in [0.4, 0.5) is 0 Å². The van der Waals surface area contributed by atoms with Crippen molar-refractivity contribution >= 4 is 0 Å². The zero-order chi connectivity index (χ0) is 14.6. The van der Waals surface area contributed by atoms with Gasteiger partial charge in [0, 0.05) is 6.61 Å². The van der Waals surface area contributed by atoms with Crippen LogP contribution in [-0.4, -0.2) is 22.9 Å². The van der Waals surface area contributed by atoms with Gasteiger partial charge in [-0.15, -0.1) is 0 Å². The predicted molar refractivity (Wildman–Crippen MR) is 85.8 cm³/mol. The van der Waals surface area contributed by atoms with Crippen LogP contribution in [0, 0.1) is 11.8 Å². The van der Waals surface area contributed by atoms with Gasteiger partial charge in [0.2, 0.25) is 0 Å². The SMILES string of the molecule is CCCCCCC1CCC(O)C1CCCCCCCO. The van der Waals surface area contributed by atoms with Crippen LogP contribution in [-0.2, 0) is 0 Å². The number of aliphatic hydroxyl groups is 2. The number of unbranched alkanes of at least 4 members (excludes halogenated alkanes) is 7. The fraction of sp³-hybridized carbons (Fsp3) is 1.00. The molecule has 0 amide bonds. The van der Waals surface area contributed by atoms with Crippen molar-refractivity contribution in [3.8, 4) is 0 Å². The maximum atomic E-state index is 10.2. The maximum absolute atomic E-state index is 10.2. The van der Waals surface area contributed by atoms with Crippen LogP contribution in [0.15, 0.2) is 0 Å². The molecular weight excluding hydrogens is 248 g/mol. The highest BCUT2D eigenvalue weighted by Gasteiger charge is 2.33. The van der Waals surface area contributed by atoms with Crippen LogP contribution in [0.5, 0.6) is 0 Å². The van der Waals surface area contributed by atoms with Gasteiger partial charge in [0.15, 0.2) is 0 Å². The highest BCUT2D eigenvalue weighted by molar-refractivity contribution is 4.84. The number of hydrogen-bond donors (Lipinski definition) is 2. The van der Waals surface area contributed by atoms with E-state index in [1.165, 1.54) is 64.2 Å². The molecule has 0 radical (unpaired) electrons. The van der Waals surface area contributed by atoms with E-state index in [1.54, 1.807) is 0 Å². The summed E-state index contributed by atoms with van der Waals surface area (Å²) in [5.41, 5.74) is 0. The first-order valence-corrected chi connectivity index (χ1v) is 9.08. The van der Waals surface area contributed by atoms with Crippen LogP contribution in [0.2, 0.25) is 0 Å². The van der Waals surface area contributed by atoms with Gasteiger partial charge in [-0.1, -0.05) is 64.7 Å². The van der Waals surface area contributed by atoms with Gasteiger partial charge in [0.1, 0.15) is 0 Å². The van der Waals surface area contributed by atoms with Crippen molar-refractivity contribution in [3.63, 3.8) is 0 Å². The quantitative estimate of drug-likeness (QED) is 0.511. The smallest absolute Gasteiger partial charge is 0.0571 e. The third kappa shape index (κ3) is 7.08. The third-order valence-electron chi connectivity index (χ3n) is 5.06. The van der Waals surface area contributed by atoms with Gasteiger partial charge in [-0.05, 0) is 37.5 Å². The van der Waals surface area contributed by atoms with Gasteiger partial charge < -0.3 is 10.2 Å². The Hall–Kier alpha value is -0.0800. The fourth-order valence-electron chi connectivity index (χ4n) is 3.77. The van der Waals surface area contributed by atoms with E-state index in [-0.39, 0.29) is 6.10 Å². The Kier molecular flexibility index (Phi) is 10.4. The summed E-state index contributed by atoms with van der Waals surface area (Å²) in [4.78, 5) is 0. The summed E-state index contributed by atoms with van der Waals surface area (Å²) < 4.78 is 0. The van der Waals surface area contributed by atoms with Crippen molar-refractivity contribution in [2.75, 3.05) is 6.61 Å². The molecule has 1 saturated carbocycles. The molecule has 0 aromatic rings. The van der Waals surface area contributed by atoms with Crippen LogP contribution in [0.1, 0.15) is 90.4 Å². The summed E-state index contributed by atoms with van der Waals surface area (Å²) in [5.74, 6) is 1.37. The monoisotopic (exact) mass is 284 g/mol. The summed E-state index contributed by atoms with van der Waals surface area (Å²) in [6, 6.07) is 0. The van der Waals surface area contributed by atoms with E-state index < -0.39 is 0 Å². The van der Waals surface area contributed by atoms with Crippen molar-refractivity contribution in [3.05, 3.63) is 0 Å². The molecule has 0 aromatic heterocycles. The van der Waals surface area contributed by atoms with Crippen LogP contribution in [0.3, 0.4) is 0 Å². The van der Waals surface area contributed by atoms with Crippen molar-refractivity contribution in [2.24, 2.45) is 11.8 Å². The lowest BCUT2D eigenvalue weighted by molar-refractivity contribution is 0.107. The highest BCUT2D eigenvalue weighted by atomic mass is 16.3. The minimum absolute atomic E-state index is 0.0244. The Balaban J connectivity index is 2.12. The van der Waals surface area contributed by atoms with Crippen molar-refractivity contribution < 1.29 is 10.2 Å². The lowest BCUT2D eigenvalue weighted by atomic mass is 9.86. The minimum Gasteiger partial charge on any atom is -0.396 e. The van der Waals surface area contributed by atoms with Crippen LogP contribution < -0.4 is 0 Å². The summed E-state index contributed by atoms with van der Waals surface area (Å²) >= 11 is 0. The van der Waals surface area contributed by atoms with Crippen molar-refractivity contribution in [1.82, 2.24) is 0 Å². The molecule has 0 saturated heterocycles. The second-order valence-corrected chi connectivity index (χ2v) is 6.70. The molecule has 0 spiro atoms. The van der Waals surface area contributed by atoms with Gasteiger partial charge >= 0.3 is 0 Å². The summed E-state index contributed by atoms with van der Waals surface area (Å²) in [6.45, 7) is 2.60. The summed E-state index contributed by atoms with van der Waals surface area (Å²) in [7, 11) is 0. The van der Waals surface area contributed by atoms with Gasteiger partial charge in [-0.3, -0.25) is 0 Å². The molecule has 1 aliphatic carbocycles. The van der Waals surface area contributed by atoms with E-state index in [0.717, 1.165) is 25.2 Å². The van der Waals surface area contributed by atoms with Crippen molar-refractivity contribution in [1.29, 1.82) is 0 Å². The summed E-state index contributed by atoms with van der Waals surface area (Å²) in [5, 5.41) is 18.9. The number of rotatable bonds is 12. The average Bonchev–Trinajstić information content (AvgIpc) is 2.80. The number of aliphatic hydroxyl groups excluding tert-OH is 2. The molecule has 1 rings (SSSR count). The minimum atomic E-state index is -0.0244. The molecular formula is C18H36O2. The molecule has 3 unspecified atom stereocenters. The molecule has 0 aliphatic heterocycles. The molecule has 1 aliphatic rings. The molecule has 2 N–H and O–H groups in total. The van der Waals surface area contributed by atoms with E-state index >= 15 is 0 Å². The standard InChI is InChI=1S/C18H36O2/c1-2-3-4-8-11-16-13-14-18(20)17(16)12-9-6-5-7-10-15-19/h16-20H,2-15H2,1H3. The Bertz CT molecular complexity index is 217. The van der Waals surface area contributed by atoms with Crippen molar-refractivity contribution in [2.45, 2.75) is 96.5 Å². The molecule has 2 heteroatoms. The first-order valence-electron chi connectivity index (χ1n) is 9.08. The van der Waals surface area contributed by atoms with Gasteiger partial charge in [0.05, 0.1) is 6.10 Å². The van der Waals surface area contributed by atoms with Crippen LogP contribution >= 0.6 is 0 Å². The molecule has 3 atom stereocenters. The Labute approximate surface area is 126 Å².